The highest BCUT2D eigenvalue weighted by molar-refractivity contribution is 9.10. The molecule has 0 radical (unpaired) electrons. The number of rotatable bonds is 2. The van der Waals surface area contributed by atoms with E-state index in [1.807, 2.05) is 30.3 Å². The van der Waals surface area contributed by atoms with Gasteiger partial charge in [-0.15, -0.1) is 0 Å². The zero-order valence-corrected chi connectivity index (χ0v) is 11.6. The van der Waals surface area contributed by atoms with Crippen LogP contribution in [0.3, 0.4) is 0 Å². The molecule has 3 nitrogen and oxygen atoms in total. The minimum atomic E-state index is 0.0563. The molecule has 0 spiro atoms. The monoisotopic (exact) mass is 306 g/mol. The molecule has 0 saturated heterocycles. The van der Waals surface area contributed by atoms with Crippen molar-refractivity contribution in [2.24, 2.45) is 0 Å². The highest BCUT2D eigenvalue weighted by Crippen LogP contribution is 2.30. The molecule has 1 aliphatic rings. The Kier molecular flexibility index (Phi) is 3.12. The summed E-state index contributed by atoms with van der Waals surface area (Å²) in [6.45, 7) is 0. The van der Waals surface area contributed by atoms with E-state index in [4.69, 9.17) is 0 Å². The summed E-state index contributed by atoms with van der Waals surface area (Å²) < 4.78 is 2.43. The van der Waals surface area contributed by atoms with Gasteiger partial charge in [-0.2, -0.15) is 0 Å². The second kappa shape index (κ2) is 4.76. The van der Waals surface area contributed by atoms with E-state index in [9.17, 15) is 4.79 Å². The number of nitrogens with one attached hydrogen (secondary N) is 1. The van der Waals surface area contributed by atoms with Crippen molar-refractivity contribution in [3.05, 3.63) is 45.2 Å². The molecule has 1 aromatic heterocycles. The van der Waals surface area contributed by atoms with Crippen molar-refractivity contribution < 1.29 is 0 Å². The van der Waals surface area contributed by atoms with E-state index in [2.05, 4.69) is 21.0 Å². The minimum absolute atomic E-state index is 0.0563. The van der Waals surface area contributed by atoms with Gasteiger partial charge in [0.25, 0.3) is 5.56 Å². The molecule has 1 aromatic carbocycles. The van der Waals surface area contributed by atoms with Crippen molar-refractivity contribution in [1.29, 1.82) is 0 Å². The first kappa shape index (κ1) is 11.8. The molecule has 3 rings (SSSR count). The highest BCUT2D eigenvalue weighted by atomic mass is 79.9. The first-order valence-electron chi connectivity index (χ1n) is 6.33. The lowest BCUT2D eigenvalue weighted by atomic mass is 10.2. The maximum absolute atomic E-state index is 12.2. The molecule has 2 aromatic rings. The Labute approximate surface area is 114 Å². The van der Waals surface area contributed by atoms with Gasteiger partial charge in [0.15, 0.2) is 0 Å². The first-order valence-corrected chi connectivity index (χ1v) is 7.12. The smallest absolute Gasteiger partial charge is 0.281 e. The van der Waals surface area contributed by atoms with Crippen LogP contribution in [0, 0.1) is 0 Å². The number of benzene rings is 1. The molecule has 94 valence electrons. The molecular weight excluding hydrogens is 292 g/mol. The van der Waals surface area contributed by atoms with E-state index in [1.54, 1.807) is 4.68 Å². The van der Waals surface area contributed by atoms with Crippen molar-refractivity contribution in [2.75, 3.05) is 0 Å². The molecule has 0 aliphatic heterocycles. The van der Waals surface area contributed by atoms with E-state index >= 15 is 0 Å². The van der Waals surface area contributed by atoms with Crippen LogP contribution < -0.4 is 5.56 Å². The third kappa shape index (κ3) is 1.94. The zero-order chi connectivity index (χ0) is 12.5. The van der Waals surface area contributed by atoms with Gasteiger partial charge < -0.3 is 0 Å². The zero-order valence-electron chi connectivity index (χ0n) is 10.0. The minimum Gasteiger partial charge on any atom is -0.294 e. The van der Waals surface area contributed by atoms with Crippen molar-refractivity contribution >= 4 is 15.9 Å². The molecule has 4 heteroatoms. The summed E-state index contributed by atoms with van der Waals surface area (Å²) in [6.07, 6.45) is 4.63. The average molecular weight is 307 g/mol. The summed E-state index contributed by atoms with van der Waals surface area (Å²) in [7, 11) is 0. The average Bonchev–Trinajstić information content (AvgIpc) is 3.01. The summed E-state index contributed by atoms with van der Waals surface area (Å²) in [6, 6.07) is 10.3. The lowest BCUT2D eigenvalue weighted by Crippen LogP contribution is -2.20. The number of hydrogen-bond donors (Lipinski definition) is 1. The van der Waals surface area contributed by atoms with Gasteiger partial charge in [-0.3, -0.25) is 9.89 Å². The van der Waals surface area contributed by atoms with E-state index in [0.717, 1.165) is 24.1 Å². The van der Waals surface area contributed by atoms with Crippen molar-refractivity contribution in [1.82, 2.24) is 9.78 Å². The van der Waals surface area contributed by atoms with Crippen molar-refractivity contribution in [3.63, 3.8) is 0 Å². The van der Waals surface area contributed by atoms with Gasteiger partial charge in [-0.1, -0.05) is 43.2 Å². The lowest BCUT2D eigenvalue weighted by Gasteiger charge is -2.09. The highest BCUT2D eigenvalue weighted by Gasteiger charge is 2.22. The molecule has 0 atom stereocenters. The van der Waals surface area contributed by atoms with Gasteiger partial charge in [0.2, 0.25) is 0 Å². The summed E-state index contributed by atoms with van der Waals surface area (Å²) in [5.74, 6) is 0. The Hall–Kier alpha value is -1.29. The maximum Gasteiger partial charge on any atom is 0.281 e. The summed E-state index contributed by atoms with van der Waals surface area (Å²) >= 11 is 3.42. The van der Waals surface area contributed by atoms with Crippen LogP contribution in [0.4, 0.5) is 0 Å². The summed E-state index contributed by atoms with van der Waals surface area (Å²) in [4.78, 5) is 12.2. The van der Waals surface area contributed by atoms with Crippen LogP contribution in [0.5, 0.6) is 0 Å². The van der Waals surface area contributed by atoms with Gasteiger partial charge >= 0.3 is 0 Å². The molecule has 1 saturated carbocycles. The van der Waals surface area contributed by atoms with E-state index < -0.39 is 0 Å². The third-order valence-corrected chi connectivity index (χ3v) is 4.35. The van der Waals surface area contributed by atoms with Crippen LogP contribution in [0.2, 0.25) is 0 Å². The number of halogens is 1. The fourth-order valence-electron chi connectivity index (χ4n) is 2.65. The van der Waals surface area contributed by atoms with Gasteiger partial charge in [-0.25, -0.2) is 4.68 Å². The number of aromatic amines is 1. The quantitative estimate of drug-likeness (QED) is 0.902. The molecular formula is C14H15BrN2O. The molecule has 1 N–H and O–H groups in total. The normalized spacial score (nSPS) is 16.3. The Balaban J connectivity index is 2.07. The second-order valence-corrected chi connectivity index (χ2v) is 5.57. The topological polar surface area (TPSA) is 37.8 Å². The Morgan fingerprint density at radius 1 is 1.17 bits per heavy atom. The predicted octanol–water partition coefficient (Wildman–Crippen LogP) is 3.72. The molecule has 1 aliphatic carbocycles. The molecule has 0 bridgehead atoms. The first-order chi connectivity index (χ1) is 8.77. The molecule has 0 unspecified atom stereocenters. The Morgan fingerprint density at radius 3 is 2.50 bits per heavy atom. The lowest BCUT2D eigenvalue weighted by molar-refractivity contribution is 0.455. The third-order valence-electron chi connectivity index (χ3n) is 3.61. The fourth-order valence-corrected chi connectivity index (χ4v) is 3.16. The molecule has 1 heterocycles. The standard InChI is InChI=1S/C14H15BrN2O/c15-12-13(10-6-2-1-3-7-10)16-17(14(12)18)11-8-4-5-9-11/h1-3,6-7,11,16H,4-5,8-9H2. The molecule has 1 fully saturated rings. The van der Waals surface area contributed by atoms with Crippen LogP contribution in [0.1, 0.15) is 31.7 Å². The number of hydrogen-bond acceptors (Lipinski definition) is 1. The van der Waals surface area contributed by atoms with Gasteiger partial charge in [0.05, 0.1) is 11.7 Å². The maximum atomic E-state index is 12.2. The van der Waals surface area contributed by atoms with Gasteiger partial charge in [0, 0.05) is 5.56 Å². The van der Waals surface area contributed by atoms with E-state index in [-0.39, 0.29) is 5.56 Å². The van der Waals surface area contributed by atoms with Gasteiger partial charge in [0.1, 0.15) is 4.47 Å². The largest absolute Gasteiger partial charge is 0.294 e. The van der Waals surface area contributed by atoms with Crippen LogP contribution in [-0.4, -0.2) is 9.78 Å². The molecule has 18 heavy (non-hydrogen) atoms. The number of H-pyrrole nitrogens is 1. The van der Waals surface area contributed by atoms with Crippen LogP contribution in [0.25, 0.3) is 11.3 Å². The van der Waals surface area contributed by atoms with Crippen LogP contribution in [-0.2, 0) is 0 Å². The predicted molar refractivity (Wildman–Crippen MR) is 75.7 cm³/mol. The Bertz CT molecular complexity index is 594. The number of nitrogens with zero attached hydrogens (tertiary/aromatic N) is 1. The summed E-state index contributed by atoms with van der Waals surface area (Å²) in [5.41, 5.74) is 1.98. The van der Waals surface area contributed by atoms with Crippen LogP contribution >= 0.6 is 15.9 Å². The van der Waals surface area contributed by atoms with E-state index in [0.29, 0.717) is 10.5 Å². The van der Waals surface area contributed by atoms with Gasteiger partial charge in [-0.05, 0) is 28.8 Å². The number of aromatic nitrogens is 2. The fraction of sp³-hybridized carbons (Fsp3) is 0.357. The van der Waals surface area contributed by atoms with Crippen LogP contribution in [0.15, 0.2) is 39.6 Å². The Morgan fingerprint density at radius 2 is 1.83 bits per heavy atom. The van der Waals surface area contributed by atoms with E-state index in [1.165, 1.54) is 12.8 Å². The second-order valence-electron chi connectivity index (χ2n) is 4.78. The van der Waals surface area contributed by atoms with Crippen molar-refractivity contribution in [3.8, 4) is 11.3 Å². The SMILES string of the molecule is O=c1c(Br)c(-c2ccccc2)[nH]n1C1CCCC1. The summed E-state index contributed by atoms with van der Waals surface area (Å²) in [5, 5.41) is 3.27. The molecule has 0 amide bonds. The van der Waals surface area contributed by atoms with Crippen molar-refractivity contribution in [2.45, 2.75) is 31.7 Å².